The molecular formula is C33H38N4O9. The van der Waals surface area contributed by atoms with Gasteiger partial charge in [-0.3, -0.25) is 9.59 Å². The minimum Gasteiger partial charge on any atom is -0.458 e. The van der Waals surface area contributed by atoms with Crippen LogP contribution in [0.25, 0.3) is 22.3 Å². The molecule has 1 aromatic carbocycles. The molecule has 244 valence electrons. The zero-order valence-electron chi connectivity index (χ0n) is 26.7. The number of rotatable bonds is 7. The number of carbonyl (C=O) groups excluding carboxylic acids is 3. The van der Waals surface area contributed by atoms with Gasteiger partial charge in [-0.1, -0.05) is 20.8 Å². The summed E-state index contributed by atoms with van der Waals surface area (Å²) in [4.78, 5) is 57.5. The molecule has 0 radical (unpaired) electrons. The molecule has 6 rings (SSSR count). The number of nitrogens with zero attached hydrogens (tertiary/aromatic N) is 2. The molecule has 0 aliphatic carbocycles. The Morgan fingerprint density at radius 1 is 1.11 bits per heavy atom. The van der Waals surface area contributed by atoms with Crippen LogP contribution in [-0.4, -0.2) is 51.1 Å². The van der Waals surface area contributed by atoms with Gasteiger partial charge in [0.05, 0.1) is 29.0 Å². The molecule has 0 fully saturated rings. The van der Waals surface area contributed by atoms with E-state index in [9.17, 15) is 24.3 Å². The van der Waals surface area contributed by atoms with Crippen LogP contribution < -0.4 is 25.7 Å². The Bertz CT molecular complexity index is 1840. The molecule has 0 bridgehead atoms. The van der Waals surface area contributed by atoms with Gasteiger partial charge in [0.25, 0.3) is 5.56 Å². The van der Waals surface area contributed by atoms with Crippen molar-refractivity contribution in [1.29, 1.82) is 0 Å². The molecule has 3 N–H and O–H groups in total. The number of benzene rings is 1. The summed E-state index contributed by atoms with van der Waals surface area (Å²) in [6.45, 7) is 10.8. The van der Waals surface area contributed by atoms with Crippen LogP contribution >= 0.6 is 0 Å². The van der Waals surface area contributed by atoms with Gasteiger partial charge in [0.15, 0.2) is 17.1 Å². The van der Waals surface area contributed by atoms with E-state index in [0.29, 0.717) is 51.3 Å². The van der Waals surface area contributed by atoms with Gasteiger partial charge < -0.3 is 39.3 Å². The maximum atomic E-state index is 13.8. The molecule has 5 heterocycles. The summed E-state index contributed by atoms with van der Waals surface area (Å²) in [6, 6.07) is 4.33. The van der Waals surface area contributed by atoms with Crippen molar-refractivity contribution in [3.05, 3.63) is 50.8 Å². The van der Waals surface area contributed by atoms with Gasteiger partial charge in [-0.2, -0.15) is 0 Å². The third-order valence-corrected chi connectivity index (χ3v) is 8.45. The third-order valence-electron chi connectivity index (χ3n) is 8.45. The van der Waals surface area contributed by atoms with Gasteiger partial charge in [-0.15, -0.1) is 0 Å². The van der Waals surface area contributed by atoms with E-state index in [2.05, 4.69) is 10.6 Å². The van der Waals surface area contributed by atoms with Crippen LogP contribution in [0.1, 0.15) is 76.6 Å². The maximum absolute atomic E-state index is 13.8. The lowest BCUT2D eigenvalue weighted by Crippen LogP contribution is -2.48. The monoisotopic (exact) mass is 634 g/mol. The number of hydrogen-bond donors (Lipinski definition) is 3. The number of carbonyl (C=O) groups is 3. The van der Waals surface area contributed by atoms with Crippen molar-refractivity contribution in [3.8, 4) is 22.9 Å². The van der Waals surface area contributed by atoms with E-state index in [0.717, 1.165) is 0 Å². The topological polar surface area (TPSA) is 167 Å². The fourth-order valence-electron chi connectivity index (χ4n) is 6.21. The second-order valence-electron chi connectivity index (χ2n) is 13.3. The van der Waals surface area contributed by atoms with E-state index in [4.69, 9.17) is 23.9 Å². The summed E-state index contributed by atoms with van der Waals surface area (Å²) < 4.78 is 23.4. The summed E-state index contributed by atoms with van der Waals surface area (Å²) in [5, 5.41) is 17.6. The summed E-state index contributed by atoms with van der Waals surface area (Å²) >= 11 is 0. The highest BCUT2D eigenvalue weighted by Gasteiger charge is 2.45. The Kier molecular flexibility index (Phi) is 7.70. The Morgan fingerprint density at radius 2 is 1.83 bits per heavy atom. The standard InChI is InChI=1S/C33H38N4O9/c1-7-33(42)21-10-24-27-19(13-37(24)29(39)20(21)14-43-30(33)40)18(17-9-25-26(45-15-44-25)11-22(17)35-27)12-34-28(38)23(8-16(2)3)36-31(41)46-32(4,5)6/h9-11,16,23,42H,7-8,12-15H2,1-6H3,(H,34,38)(H,36,41)/t23-,33-/m0/s1. The lowest BCUT2D eigenvalue weighted by molar-refractivity contribution is -0.172. The minimum absolute atomic E-state index is 0.0232. The van der Waals surface area contributed by atoms with Crippen molar-refractivity contribution in [2.45, 2.75) is 91.3 Å². The van der Waals surface area contributed by atoms with E-state index < -0.39 is 40.8 Å². The van der Waals surface area contributed by atoms with E-state index in [1.165, 1.54) is 0 Å². The molecule has 2 amide bonds. The van der Waals surface area contributed by atoms with Crippen LogP contribution in [0.3, 0.4) is 0 Å². The quantitative estimate of drug-likeness (QED) is 0.257. The summed E-state index contributed by atoms with van der Waals surface area (Å²) in [6.07, 6.45) is -0.286. The molecule has 13 heteroatoms. The van der Waals surface area contributed by atoms with Crippen molar-refractivity contribution >= 4 is 28.9 Å². The number of cyclic esters (lactones) is 1. The first kappa shape index (κ1) is 31.3. The molecule has 3 aliphatic heterocycles. The number of nitrogens with one attached hydrogen (secondary N) is 2. The molecule has 0 saturated heterocycles. The zero-order chi connectivity index (χ0) is 33.1. The van der Waals surface area contributed by atoms with Crippen molar-refractivity contribution in [3.63, 3.8) is 0 Å². The second kappa shape index (κ2) is 11.3. The number of alkyl carbamates (subject to hydrolysis) is 1. The number of aliphatic hydroxyl groups is 1. The van der Waals surface area contributed by atoms with Crippen molar-refractivity contribution in [2.24, 2.45) is 5.92 Å². The number of hydrogen-bond acceptors (Lipinski definition) is 10. The lowest BCUT2D eigenvalue weighted by atomic mass is 9.86. The number of aromatic nitrogens is 2. The van der Waals surface area contributed by atoms with Crippen LogP contribution in [0.2, 0.25) is 0 Å². The van der Waals surface area contributed by atoms with Gasteiger partial charge in [0.1, 0.15) is 18.2 Å². The van der Waals surface area contributed by atoms with Gasteiger partial charge in [0, 0.05) is 29.1 Å². The molecule has 3 aliphatic rings. The van der Waals surface area contributed by atoms with Crippen LogP contribution in [0, 0.1) is 5.92 Å². The summed E-state index contributed by atoms with van der Waals surface area (Å²) in [5.41, 5.74) is 0.202. The minimum atomic E-state index is -1.96. The molecule has 0 saturated carbocycles. The average Bonchev–Trinajstić information content (AvgIpc) is 3.59. The predicted octanol–water partition coefficient (Wildman–Crippen LogP) is 3.36. The number of esters is 1. The van der Waals surface area contributed by atoms with Crippen molar-refractivity contribution in [2.75, 3.05) is 6.79 Å². The second-order valence-corrected chi connectivity index (χ2v) is 13.3. The third kappa shape index (κ3) is 5.42. The number of ether oxygens (including phenoxy) is 4. The molecule has 2 aromatic heterocycles. The molecule has 13 nitrogen and oxygen atoms in total. The van der Waals surface area contributed by atoms with Gasteiger partial charge in [0.2, 0.25) is 12.7 Å². The SMILES string of the molecule is CC[C@@]1(O)C(=O)OCc2c1cc1n(c2=O)Cc2c-1nc1cc3c(cc1c2CNC(=O)[C@H](CC(C)C)NC(=O)OC(C)(C)C)OCO3. The van der Waals surface area contributed by atoms with Gasteiger partial charge in [-0.25, -0.2) is 14.6 Å². The summed E-state index contributed by atoms with van der Waals surface area (Å²) in [7, 11) is 0. The normalized spacial score (nSPS) is 18.5. The first-order chi connectivity index (χ1) is 21.7. The highest BCUT2D eigenvalue weighted by molar-refractivity contribution is 5.92. The van der Waals surface area contributed by atoms with E-state index in [-0.39, 0.29) is 50.0 Å². The number of amides is 2. The fourth-order valence-corrected chi connectivity index (χ4v) is 6.21. The fraction of sp³-hybridized carbons (Fsp3) is 0.485. The molecule has 2 atom stereocenters. The smallest absolute Gasteiger partial charge is 0.408 e. The number of pyridine rings is 2. The first-order valence-corrected chi connectivity index (χ1v) is 15.4. The van der Waals surface area contributed by atoms with Crippen molar-refractivity contribution < 1.29 is 38.4 Å². The average molecular weight is 635 g/mol. The Balaban J connectivity index is 1.42. The molecule has 0 spiro atoms. The molecular weight excluding hydrogens is 596 g/mol. The van der Waals surface area contributed by atoms with E-state index in [1.807, 2.05) is 13.8 Å². The Labute approximate surface area is 265 Å². The van der Waals surface area contributed by atoms with Crippen LogP contribution in [0.4, 0.5) is 4.79 Å². The van der Waals surface area contributed by atoms with Crippen LogP contribution in [0.15, 0.2) is 23.0 Å². The predicted molar refractivity (Wildman–Crippen MR) is 165 cm³/mol. The Hall–Kier alpha value is -4.65. The Morgan fingerprint density at radius 3 is 2.50 bits per heavy atom. The summed E-state index contributed by atoms with van der Waals surface area (Å²) in [5.74, 6) is -0.0637. The lowest BCUT2D eigenvalue weighted by Gasteiger charge is -2.31. The van der Waals surface area contributed by atoms with Crippen molar-refractivity contribution in [1.82, 2.24) is 20.2 Å². The highest BCUT2D eigenvalue weighted by atomic mass is 16.7. The number of fused-ring (bicyclic) bond motifs is 6. The maximum Gasteiger partial charge on any atom is 0.408 e. The van der Waals surface area contributed by atoms with Gasteiger partial charge >= 0.3 is 12.1 Å². The van der Waals surface area contributed by atoms with E-state index >= 15 is 0 Å². The largest absolute Gasteiger partial charge is 0.458 e. The van der Waals surface area contributed by atoms with Crippen LogP contribution in [-0.2, 0) is 44.4 Å². The van der Waals surface area contributed by atoms with Crippen LogP contribution in [0.5, 0.6) is 11.5 Å². The van der Waals surface area contributed by atoms with E-state index in [1.54, 1.807) is 50.5 Å². The molecule has 0 unspecified atom stereocenters. The zero-order valence-corrected chi connectivity index (χ0v) is 26.7. The highest BCUT2D eigenvalue weighted by Crippen LogP contribution is 2.43. The molecule has 46 heavy (non-hydrogen) atoms. The molecule has 3 aromatic rings. The van der Waals surface area contributed by atoms with Gasteiger partial charge in [-0.05, 0) is 57.2 Å². The first-order valence-electron chi connectivity index (χ1n) is 15.4.